The Morgan fingerprint density at radius 1 is 1.02 bits per heavy atom. The zero-order valence-corrected chi connectivity index (χ0v) is 22.2. The molecule has 6 nitrogen and oxygen atoms in total. The predicted octanol–water partition coefficient (Wildman–Crippen LogP) is 6.76. The third-order valence-corrected chi connectivity index (χ3v) is 6.98. The fourth-order valence-corrected chi connectivity index (χ4v) is 5.12. The molecule has 206 valence electrons. The summed E-state index contributed by atoms with van der Waals surface area (Å²) in [4.78, 5) is 10.8. The molecule has 1 aliphatic rings. The molecule has 2 unspecified atom stereocenters. The number of nitrogens with zero attached hydrogens (tertiary/aromatic N) is 5. The quantitative estimate of drug-likeness (QED) is 0.249. The van der Waals surface area contributed by atoms with E-state index in [1.807, 2.05) is 41.8 Å². The van der Waals surface area contributed by atoms with Gasteiger partial charge >= 0.3 is 6.18 Å². The Hall–Kier alpha value is -4.23. The Morgan fingerprint density at radius 3 is 2.45 bits per heavy atom. The van der Waals surface area contributed by atoms with Crippen molar-refractivity contribution in [2.75, 3.05) is 11.4 Å². The van der Waals surface area contributed by atoms with Crippen LogP contribution in [0.1, 0.15) is 51.9 Å². The molecule has 0 radical (unpaired) electrons. The second kappa shape index (κ2) is 10.7. The molecule has 1 aliphatic heterocycles. The minimum atomic E-state index is -4.73. The molecule has 2 atom stereocenters. The van der Waals surface area contributed by atoms with E-state index in [1.54, 1.807) is 36.2 Å². The first-order chi connectivity index (χ1) is 19.0. The van der Waals surface area contributed by atoms with E-state index in [4.69, 9.17) is 9.72 Å². The molecular formula is C30H27F4N5O. The number of anilines is 1. The molecule has 0 saturated carbocycles. The molecule has 0 N–H and O–H groups in total. The third-order valence-electron chi connectivity index (χ3n) is 6.98. The molecule has 0 spiro atoms. The SMILES string of the molecule is Cc1cc(C(F)(F)F)c(C#N)c(N2CC(OCc3ccccc3)CC2c2nc(C)cn2-c2ccc(F)c(C)c2)n1. The summed E-state index contributed by atoms with van der Waals surface area (Å²) < 4.78 is 64.0. The van der Waals surface area contributed by atoms with Crippen molar-refractivity contribution in [1.29, 1.82) is 5.26 Å². The zero-order valence-electron chi connectivity index (χ0n) is 22.2. The molecule has 1 saturated heterocycles. The van der Waals surface area contributed by atoms with Crippen LogP contribution in [-0.2, 0) is 17.5 Å². The fourth-order valence-electron chi connectivity index (χ4n) is 5.12. The lowest BCUT2D eigenvalue weighted by molar-refractivity contribution is -0.137. The summed E-state index contributed by atoms with van der Waals surface area (Å²) in [6.45, 7) is 5.46. The van der Waals surface area contributed by atoms with Crippen LogP contribution in [-0.4, -0.2) is 27.2 Å². The highest BCUT2D eigenvalue weighted by atomic mass is 19.4. The largest absolute Gasteiger partial charge is 0.417 e. The van der Waals surface area contributed by atoms with E-state index in [9.17, 15) is 22.8 Å². The number of imidazole rings is 1. The summed E-state index contributed by atoms with van der Waals surface area (Å²) in [7, 11) is 0. The Balaban J connectivity index is 1.61. The summed E-state index contributed by atoms with van der Waals surface area (Å²) >= 11 is 0. The molecule has 0 aliphatic carbocycles. The number of benzene rings is 2. The molecule has 2 aromatic carbocycles. The number of nitriles is 1. The van der Waals surface area contributed by atoms with E-state index >= 15 is 0 Å². The lowest BCUT2D eigenvalue weighted by Crippen LogP contribution is -2.29. The van der Waals surface area contributed by atoms with Crippen molar-refractivity contribution in [3.05, 3.63) is 106 Å². The monoisotopic (exact) mass is 549 g/mol. The van der Waals surface area contributed by atoms with Crippen LogP contribution in [0.3, 0.4) is 0 Å². The number of aromatic nitrogens is 3. The number of rotatable bonds is 6. The highest BCUT2D eigenvalue weighted by Crippen LogP contribution is 2.42. The number of ether oxygens (including phenoxy) is 1. The molecule has 10 heteroatoms. The molecule has 3 heterocycles. The fraction of sp³-hybridized carbons (Fsp3) is 0.300. The number of alkyl halides is 3. The van der Waals surface area contributed by atoms with Gasteiger partial charge in [-0.05, 0) is 56.2 Å². The van der Waals surface area contributed by atoms with Gasteiger partial charge in [-0.2, -0.15) is 18.4 Å². The molecule has 2 aromatic heterocycles. The van der Waals surface area contributed by atoms with Crippen LogP contribution in [0.5, 0.6) is 0 Å². The van der Waals surface area contributed by atoms with E-state index < -0.39 is 23.3 Å². The van der Waals surface area contributed by atoms with Crippen LogP contribution in [0.4, 0.5) is 23.4 Å². The first-order valence-electron chi connectivity index (χ1n) is 12.8. The molecule has 5 rings (SSSR count). The van der Waals surface area contributed by atoms with Gasteiger partial charge in [-0.15, -0.1) is 0 Å². The van der Waals surface area contributed by atoms with Crippen molar-refractivity contribution in [1.82, 2.24) is 14.5 Å². The van der Waals surface area contributed by atoms with E-state index in [0.29, 0.717) is 35.8 Å². The Morgan fingerprint density at radius 2 is 1.77 bits per heavy atom. The Bertz CT molecular complexity index is 1580. The number of aryl methyl sites for hydroxylation is 3. The molecule has 0 amide bonds. The van der Waals surface area contributed by atoms with Gasteiger partial charge in [0.1, 0.15) is 29.1 Å². The van der Waals surface area contributed by atoms with Gasteiger partial charge in [-0.25, -0.2) is 14.4 Å². The second-order valence-electron chi connectivity index (χ2n) is 9.99. The van der Waals surface area contributed by atoms with Gasteiger partial charge in [0.25, 0.3) is 0 Å². The summed E-state index contributed by atoms with van der Waals surface area (Å²) in [5.74, 6) is 0.129. The smallest absolute Gasteiger partial charge is 0.372 e. The van der Waals surface area contributed by atoms with Crippen molar-refractivity contribution >= 4 is 5.82 Å². The number of halogens is 4. The first-order valence-corrected chi connectivity index (χ1v) is 12.8. The summed E-state index contributed by atoms with van der Waals surface area (Å²) in [5.41, 5.74) is 1.32. The molecule has 40 heavy (non-hydrogen) atoms. The van der Waals surface area contributed by atoms with Crippen LogP contribution >= 0.6 is 0 Å². The van der Waals surface area contributed by atoms with Gasteiger partial charge in [0.2, 0.25) is 0 Å². The lowest BCUT2D eigenvalue weighted by atomic mass is 10.1. The highest BCUT2D eigenvalue weighted by molar-refractivity contribution is 5.61. The number of hydrogen-bond acceptors (Lipinski definition) is 5. The van der Waals surface area contributed by atoms with E-state index in [0.717, 1.165) is 11.6 Å². The van der Waals surface area contributed by atoms with Gasteiger partial charge in [0, 0.05) is 30.5 Å². The van der Waals surface area contributed by atoms with Crippen molar-refractivity contribution in [2.24, 2.45) is 0 Å². The predicted molar refractivity (Wildman–Crippen MR) is 141 cm³/mol. The zero-order chi connectivity index (χ0) is 28.6. The Kier molecular flexibility index (Phi) is 7.34. The van der Waals surface area contributed by atoms with Crippen LogP contribution in [0, 0.1) is 37.9 Å². The highest BCUT2D eigenvalue weighted by Gasteiger charge is 2.42. The second-order valence-corrected chi connectivity index (χ2v) is 9.99. The summed E-state index contributed by atoms with van der Waals surface area (Å²) in [6, 6.07) is 16.3. The lowest BCUT2D eigenvalue weighted by Gasteiger charge is -2.28. The third kappa shape index (κ3) is 5.42. The van der Waals surface area contributed by atoms with Gasteiger partial charge in [-0.3, -0.25) is 0 Å². The summed E-state index contributed by atoms with van der Waals surface area (Å²) in [5, 5.41) is 9.88. The van der Waals surface area contributed by atoms with Gasteiger partial charge < -0.3 is 14.2 Å². The Labute approximate surface area is 229 Å². The van der Waals surface area contributed by atoms with Gasteiger partial charge in [-0.1, -0.05) is 30.3 Å². The minimum Gasteiger partial charge on any atom is -0.372 e. The molecular weight excluding hydrogens is 522 g/mol. The van der Waals surface area contributed by atoms with Crippen LogP contribution in [0.15, 0.2) is 60.8 Å². The molecule has 4 aromatic rings. The average molecular weight is 550 g/mol. The van der Waals surface area contributed by atoms with Crippen molar-refractivity contribution < 1.29 is 22.3 Å². The average Bonchev–Trinajstić information content (AvgIpc) is 3.52. The molecule has 0 bridgehead atoms. The maximum Gasteiger partial charge on any atom is 0.417 e. The van der Waals surface area contributed by atoms with E-state index in [2.05, 4.69) is 4.98 Å². The standard InChI is InChI=1S/C30H27F4N5O/c1-18-11-22(9-10-26(18)31)38-15-20(3)37-29(38)27-13-23(40-17-21-7-5-4-6-8-21)16-39(27)28-24(14-35)25(30(32,33)34)12-19(2)36-28/h4-12,15,23,27H,13,16-17H2,1-3H3. The number of hydrogen-bond donors (Lipinski definition) is 0. The van der Waals surface area contributed by atoms with Gasteiger partial charge in [0.05, 0.1) is 30.0 Å². The van der Waals surface area contributed by atoms with Gasteiger partial charge in [0.15, 0.2) is 0 Å². The first kappa shape index (κ1) is 27.3. The van der Waals surface area contributed by atoms with E-state index in [-0.39, 0.29) is 30.0 Å². The van der Waals surface area contributed by atoms with Crippen LogP contribution < -0.4 is 4.90 Å². The van der Waals surface area contributed by atoms with Crippen LogP contribution in [0.25, 0.3) is 5.69 Å². The van der Waals surface area contributed by atoms with Crippen molar-refractivity contribution in [2.45, 2.75) is 52.1 Å². The van der Waals surface area contributed by atoms with Crippen LogP contribution in [0.2, 0.25) is 0 Å². The maximum absolute atomic E-state index is 14.1. The minimum absolute atomic E-state index is 0.0619. The van der Waals surface area contributed by atoms with E-state index in [1.165, 1.54) is 13.0 Å². The van der Waals surface area contributed by atoms with Crippen molar-refractivity contribution in [3.8, 4) is 11.8 Å². The molecule has 1 fully saturated rings. The van der Waals surface area contributed by atoms with Crippen molar-refractivity contribution in [3.63, 3.8) is 0 Å². The summed E-state index contributed by atoms with van der Waals surface area (Å²) in [6.07, 6.45) is -2.92. The normalized spacial score (nSPS) is 17.3. The topological polar surface area (TPSA) is 67.0 Å². The number of pyridine rings is 1. The maximum atomic E-state index is 14.1.